The summed E-state index contributed by atoms with van der Waals surface area (Å²) >= 11 is 3.84. The molecule has 2 aliphatic heterocycles. The molecule has 3 aromatic heterocycles. The van der Waals surface area contributed by atoms with Crippen molar-refractivity contribution in [3.63, 3.8) is 0 Å². The number of hydrogen-bond donors (Lipinski definition) is 4. The number of oxime groups is 1. The number of amides is 2. The van der Waals surface area contributed by atoms with Crippen LogP contribution in [-0.4, -0.2) is 77.3 Å². The van der Waals surface area contributed by atoms with Gasteiger partial charge in [-0.05, 0) is 13.8 Å². The number of carbonyl (C=O) groups excluding carboxylic acids is 2. The maximum absolute atomic E-state index is 13.2. The molecule has 208 valence electrons. The number of thioether (sulfide) groups is 1. The van der Waals surface area contributed by atoms with Crippen molar-refractivity contribution >= 4 is 79.2 Å². The predicted octanol–water partition coefficient (Wildman–Crippen LogP) is 0.645. The lowest BCUT2D eigenvalue weighted by Crippen LogP contribution is -2.71. The molecule has 3 aromatic rings. The Bertz CT molecular complexity index is 1610. The zero-order valence-corrected chi connectivity index (χ0v) is 23.4. The summed E-state index contributed by atoms with van der Waals surface area (Å²) in [6.45, 7) is 2.75. The first-order chi connectivity index (χ1) is 19.0. The molecular weight excluding hydrogens is 582 g/mol. The Hall–Kier alpha value is -4.09. The van der Waals surface area contributed by atoms with Crippen molar-refractivity contribution < 1.29 is 38.8 Å². The summed E-state index contributed by atoms with van der Waals surface area (Å²) in [5.74, 6) is -3.72. The van der Waals surface area contributed by atoms with Gasteiger partial charge in [0.2, 0.25) is 5.60 Å². The van der Waals surface area contributed by atoms with Gasteiger partial charge in [0.15, 0.2) is 29.8 Å². The highest BCUT2D eigenvalue weighted by atomic mass is 32.2. The first-order valence-corrected chi connectivity index (χ1v) is 14.4. The number of carbonyl (C=O) groups is 4. The normalized spacial score (nSPS) is 19.3. The van der Waals surface area contributed by atoms with Crippen molar-refractivity contribution in [2.75, 3.05) is 11.5 Å². The molecule has 17 heteroatoms. The first-order valence-electron chi connectivity index (χ1n) is 11.6. The Morgan fingerprint density at radius 3 is 2.77 bits per heavy atom. The number of β-lactam (4-membered cyclic amide) rings is 1. The van der Waals surface area contributed by atoms with Gasteiger partial charge in [-0.15, -0.1) is 34.4 Å². The highest BCUT2D eigenvalue weighted by Gasteiger charge is 2.55. The van der Waals surface area contributed by atoms with E-state index in [9.17, 15) is 29.4 Å². The third-order valence-corrected chi connectivity index (χ3v) is 8.92. The molecular formula is C23H22N7O7S3+. The number of nitrogen functional groups attached to an aromatic ring is 1. The van der Waals surface area contributed by atoms with Crippen LogP contribution < -0.4 is 15.6 Å². The van der Waals surface area contributed by atoms with Gasteiger partial charge < -0.3 is 26.1 Å². The number of aromatic nitrogens is 3. The van der Waals surface area contributed by atoms with Crippen molar-refractivity contribution in [1.82, 2.24) is 20.2 Å². The number of carboxylic acid groups (broad SMARTS) is 2. The lowest BCUT2D eigenvalue weighted by atomic mass is 10.0. The minimum absolute atomic E-state index is 0.0311. The van der Waals surface area contributed by atoms with Gasteiger partial charge in [0.25, 0.3) is 11.8 Å². The number of thiazole rings is 2. The molecule has 5 heterocycles. The van der Waals surface area contributed by atoms with Gasteiger partial charge in [0.1, 0.15) is 28.3 Å². The molecule has 2 amide bonds. The third kappa shape index (κ3) is 5.09. The standard InChI is InChI=1S/C23H21N7O7S3/c1-23(2,21(35)36)37-28-14(12-8-39-22(24)26-12)17(31)27-15-18(32)30-16(20(33)34)10(7-38-19(15)30)5-29-4-3-13-11(6-29)25-9-40-13/h3-4,6,8-9,15,19H,5,7H2,1-2H3,(H4-,24,26,27,31,33,34,35,36)/p+1/t15?,19-/m0/s1. The zero-order chi connectivity index (χ0) is 28.8. The van der Waals surface area contributed by atoms with Gasteiger partial charge >= 0.3 is 11.9 Å². The average Bonchev–Trinajstić information content (AvgIpc) is 3.55. The lowest BCUT2D eigenvalue weighted by Gasteiger charge is -2.49. The molecule has 1 unspecified atom stereocenters. The number of pyridine rings is 1. The van der Waals surface area contributed by atoms with Crippen molar-refractivity contribution in [3.8, 4) is 0 Å². The number of nitrogens with two attached hydrogens (primary N) is 1. The maximum Gasteiger partial charge on any atom is 0.352 e. The van der Waals surface area contributed by atoms with E-state index in [1.54, 1.807) is 5.51 Å². The number of fused-ring (bicyclic) bond motifs is 2. The quantitative estimate of drug-likeness (QED) is 0.116. The fourth-order valence-corrected chi connectivity index (χ4v) is 6.51. The molecule has 0 bridgehead atoms. The first kappa shape index (κ1) is 27.5. The van der Waals surface area contributed by atoms with E-state index in [1.807, 2.05) is 23.0 Å². The summed E-state index contributed by atoms with van der Waals surface area (Å²) in [5.41, 5.74) is 6.50. The molecule has 2 aliphatic rings. The molecule has 0 radical (unpaired) electrons. The van der Waals surface area contributed by atoms with E-state index >= 15 is 0 Å². The summed E-state index contributed by atoms with van der Waals surface area (Å²) in [4.78, 5) is 64.6. The fourth-order valence-electron chi connectivity index (χ4n) is 3.98. The van der Waals surface area contributed by atoms with Crippen molar-refractivity contribution in [2.45, 2.75) is 37.4 Å². The summed E-state index contributed by atoms with van der Waals surface area (Å²) < 4.78 is 2.81. The van der Waals surface area contributed by atoms with E-state index in [2.05, 4.69) is 20.4 Å². The van der Waals surface area contributed by atoms with Crippen molar-refractivity contribution in [1.29, 1.82) is 0 Å². The van der Waals surface area contributed by atoms with Gasteiger partial charge in [-0.25, -0.2) is 19.6 Å². The largest absolute Gasteiger partial charge is 0.478 e. The Morgan fingerprint density at radius 1 is 1.32 bits per heavy atom. The van der Waals surface area contributed by atoms with Crippen LogP contribution in [0.25, 0.3) is 10.2 Å². The SMILES string of the molecule is CC(C)(ON=C(C(=O)NC1C(=O)N2C(C(=O)O)=C(C[n+]3ccc4scnc4c3)CS[C@@H]12)c1csc(N)n1)C(=O)O. The number of nitrogens with one attached hydrogen (secondary N) is 1. The van der Waals surface area contributed by atoms with E-state index in [0.717, 1.165) is 21.6 Å². The molecule has 5 N–H and O–H groups in total. The summed E-state index contributed by atoms with van der Waals surface area (Å²) in [5, 5.41) is 26.5. The molecule has 5 rings (SSSR count). The smallest absolute Gasteiger partial charge is 0.352 e. The van der Waals surface area contributed by atoms with Gasteiger partial charge in [0.05, 0.1) is 10.2 Å². The van der Waals surface area contributed by atoms with Crippen LogP contribution in [0.1, 0.15) is 19.5 Å². The molecule has 0 aliphatic carbocycles. The van der Waals surface area contributed by atoms with E-state index in [-0.39, 0.29) is 28.8 Å². The number of anilines is 1. The second-order valence-corrected chi connectivity index (χ2v) is 12.1. The Labute approximate surface area is 238 Å². The van der Waals surface area contributed by atoms with Crippen LogP contribution in [0, 0.1) is 0 Å². The van der Waals surface area contributed by atoms with Gasteiger partial charge in [0, 0.05) is 22.8 Å². The maximum atomic E-state index is 13.2. The Balaban J connectivity index is 1.36. The molecule has 14 nitrogen and oxygen atoms in total. The second-order valence-electron chi connectivity index (χ2n) is 9.25. The highest BCUT2D eigenvalue weighted by Crippen LogP contribution is 2.40. The van der Waals surface area contributed by atoms with Gasteiger partial charge in [-0.3, -0.25) is 14.5 Å². The minimum atomic E-state index is -1.75. The highest BCUT2D eigenvalue weighted by molar-refractivity contribution is 8.00. The number of carboxylic acids is 2. The molecule has 40 heavy (non-hydrogen) atoms. The van der Waals surface area contributed by atoms with E-state index < -0.39 is 40.8 Å². The molecule has 2 atom stereocenters. The fraction of sp³-hybridized carbons (Fsp3) is 0.304. The van der Waals surface area contributed by atoms with Crippen LogP contribution in [0.2, 0.25) is 0 Å². The monoisotopic (exact) mass is 604 g/mol. The van der Waals surface area contributed by atoms with Crippen LogP contribution in [0.4, 0.5) is 5.13 Å². The Morgan fingerprint density at radius 2 is 2.10 bits per heavy atom. The molecule has 1 fully saturated rings. The second kappa shape index (κ2) is 10.5. The van der Waals surface area contributed by atoms with E-state index in [4.69, 9.17) is 10.6 Å². The molecule has 0 saturated carbocycles. The van der Waals surface area contributed by atoms with Crippen LogP contribution in [0.15, 0.2) is 45.8 Å². The molecule has 0 aromatic carbocycles. The molecule has 1 saturated heterocycles. The average molecular weight is 605 g/mol. The van der Waals surface area contributed by atoms with Crippen molar-refractivity contribution in [2.24, 2.45) is 5.16 Å². The number of nitrogens with zero attached hydrogens (tertiary/aromatic N) is 5. The van der Waals surface area contributed by atoms with Crippen LogP contribution >= 0.6 is 34.4 Å². The lowest BCUT2D eigenvalue weighted by molar-refractivity contribution is -0.687. The topological polar surface area (TPSA) is 201 Å². The number of hydrogen-bond acceptors (Lipinski definition) is 12. The third-order valence-electron chi connectivity index (χ3n) is 6.10. The predicted molar refractivity (Wildman–Crippen MR) is 145 cm³/mol. The molecule has 0 spiro atoms. The summed E-state index contributed by atoms with van der Waals surface area (Å²) in [6, 6.07) is 0.838. The summed E-state index contributed by atoms with van der Waals surface area (Å²) in [6.07, 6.45) is 3.64. The van der Waals surface area contributed by atoms with E-state index in [1.165, 1.54) is 47.2 Å². The van der Waals surface area contributed by atoms with Crippen molar-refractivity contribution in [3.05, 3.63) is 46.3 Å². The summed E-state index contributed by atoms with van der Waals surface area (Å²) in [7, 11) is 0. The Kier molecular flexibility index (Phi) is 7.19. The van der Waals surface area contributed by atoms with Crippen LogP contribution in [0.3, 0.4) is 0 Å². The number of aliphatic carboxylic acids is 2. The number of rotatable bonds is 9. The zero-order valence-electron chi connectivity index (χ0n) is 20.9. The van der Waals surface area contributed by atoms with E-state index in [0.29, 0.717) is 11.3 Å². The van der Waals surface area contributed by atoms with Crippen LogP contribution in [-0.2, 0) is 30.6 Å². The van der Waals surface area contributed by atoms with Gasteiger partial charge in [-0.2, -0.15) is 4.57 Å². The van der Waals surface area contributed by atoms with Gasteiger partial charge in [-0.1, -0.05) is 5.16 Å². The minimum Gasteiger partial charge on any atom is -0.478 e. The van der Waals surface area contributed by atoms with Crippen LogP contribution in [0.5, 0.6) is 0 Å².